The molecule has 0 aliphatic carbocycles. The fraction of sp³-hybridized carbons (Fsp3) is 0. The number of hydrogen-bond acceptors (Lipinski definition) is 4. The second-order valence-corrected chi connectivity index (χ2v) is 1.31. The zero-order valence-corrected chi connectivity index (χ0v) is 4.35. The Labute approximate surface area is 68.6 Å². The third-order valence-corrected chi connectivity index (χ3v) is 0.722. The van der Waals surface area contributed by atoms with Gasteiger partial charge in [0.1, 0.15) is 0 Å². The molecule has 10 heavy (non-hydrogen) atoms. The number of carboxylic acid groups (broad SMARTS) is 1. The van der Waals surface area contributed by atoms with Crippen LogP contribution < -0.4 is 0 Å². The van der Waals surface area contributed by atoms with Gasteiger partial charge in [-0.3, -0.25) is 0 Å². The van der Waals surface area contributed by atoms with Crippen molar-refractivity contribution < 1.29 is 9.90 Å². The van der Waals surface area contributed by atoms with Gasteiger partial charge in [0.05, 0.1) is 6.20 Å². The number of hydrogen-bond donors (Lipinski definition) is 1. The minimum absolute atomic E-state index is 0. The molecule has 0 saturated carbocycles. The summed E-state index contributed by atoms with van der Waals surface area (Å²) in [6.07, 6.45) is 1.27. The predicted molar refractivity (Wildman–Crippen MR) is 33.9 cm³/mol. The summed E-state index contributed by atoms with van der Waals surface area (Å²) in [7, 11) is 0. The van der Waals surface area contributed by atoms with E-state index in [2.05, 4.69) is 15.4 Å². The fourth-order valence-electron chi connectivity index (χ4n) is 0.355. The Hall–Kier alpha value is -0.923. The normalized spacial score (nSPS) is 8.00. The topological polar surface area (TPSA) is 76.0 Å². The Kier molecular flexibility index (Phi) is 3.62. The van der Waals surface area contributed by atoms with Crippen molar-refractivity contribution in [2.24, 2.45) is 0 Å². The molecule has 1 heterocycles. The number of aromatic carboxylic acids is 1. The van der Waals surface area contributed by atoms with E-state index < -0.39 is 5.97 Å². The van der Waals surface area contributed by atoms with E-state index in [-0.39, 0.29) is 24.6 Å². The molecule has 0 radical (unpaired) electrons. The second-order valence-electron chi connectivity index (χ2n) is 1.31. The van der Waals surface area contributed by atoms with Crippen molar-refractivity contribution in [1.29, 1.82) is 0 Å². The van der Waals surface area contributed by atoms with Gasteiger partial charge in [0.2, 0.25) is 0 Å². The molecule has 1 rings (SSSR count). The summed E-state index contributed by atoms with van der Waals surface area (Å²) in [5.41, 5.74) is -0.0926. The van der Waals surface area contributed by atoms with Gasteiger partial charge in [0.15, 0.2) is 5.69 Å². The first-order valence-electron chi connectivity index (χ1n) is 2.18. The van der Waals surface area contributed by atoms with Crippen LogP contribution in [0.25, 0.3) is 0 Å². The predicted octanol–water partition coefficient (Wildman–Crippen LogP) is -1.08. The summed E-state index contributed by atoms with van der Waals surface area (Å²) in [5.74, 6) is -1.09. The van der Waals surface area contributed by atoms with Crippen molar-refractivity contribution in [3.05, 3.63) is 18.0 Å². The maximum absolute atomic E-state index is 10.1. The van der Waals surface area contributed by atoms with Crippen LogP contribution in [0.3, 0.4) is 0 Å². The summed E-state index contributed by atoms with van der Waals surface area (Å²) in [6, 6.07) is 1.27. The zero-order chi connectivity index (χ0) is 6.69. The molecule has 0 fully saturated rings. The van der Waals surface area contributed by atoms with Gasteiger partial charge >= 0.3 is 24.8 Å². The van der Waals surface area contributed by atoms with Crippen LogP contribution >= 0.6 is 0 Å². The standard InChI is InChI=1S/C4H3N3O2.Li.H/c8-4(9)3-1-2-5-7-6-3;;/h1-2H,(H,8,9);;. The monoisotopic (exact) mass is 133 g/mol. The van der Waals surface area contributed by atoms with E-state index in [0.717, 1.165) is 0 Å². The SMILES string of the molecule is O=C(O)c1ccnnn1.[LiH]. The molecule has 0 saturated heterocycles. The molecule has 0 amide bonds. The molecule has 1 aromatic heterocycles. The van der Waals surface area contributed by atoms with Crippen molar-refractivity contribution in [2.45, 2.75) is 0 Å². The van der Waals surface area contributed by atoms with Crippen LogP contribution in [0, 0.1) is 0 Å². The van der Waals surface area contributed by atoms with Gasteiger partial charge < -0.3 is 5.11 Å². The third kappa shape index (κ3) is 2.13. The molecule has 0 atom stereocenters. The molecule has 6 heteroatoms. The van der Waals surface area contributed by atoms with Crippen molar-refractivity contribution >= 4 is 24.8 Å². The first-order valence-corrected chi connectivity index (χ1v) is 2.18. The molecule has 5 nitrogen and oxygen atoms in total. The van der Waals surface area contributed by atoms with E-state index in [0.29, 0.717) is 0 Å². The van der Waals surface area contributed by atoms with Crippen LogP contribution in [0.15, 0.2) is 12.3 Å². The summed E-state index contributed by atoms with van der Waals surface area (Å²) in [6.45, 7) is 0. The number of aromatic nitrogens is 3. The Morgan fingerprint density at radius 3 is 2.60 bits per heavy atom. The summed E-state index contributed by atoms with van der Waals surface area (Å²) in [4.78, 5) is 10.1. The second kappa shape index (κ2) is 3.98. The number of carbonyl (C=O) groups is 1. The average Bonchev–Trinajstić information content (AvgIpc) is 1.90. The molecular formula is C4H4LiN3O2. The molecule has 1 N–H and O–H groups in total. The number of carboxylic acids is 1. The molecule has 0 bridgehead atoms. The Bertz CT molecular complexity index is 215. The van der Waals surface area contributed by atoms with E-state index in [1.54, 1.807) is 0 Å². The molecule has 48 valence electrons. The minimum atomic E-state index is -1.09. The average molecular weight is 133 g/mol. The first-order chi connectivity index (χ1) is 4.30. The van der Waals surface area contributed by atoms with E-state index >= 15 is 0 Å². The molecule has 0 aliphatic heterocycles. The molecule has 1 aromatic rings. The van der Waals surface area contributed by atoms with Crippen LogP contribution in [0.5, 0.6) is 0 Å². The van der Waals surface area contributed by atoms with Crippen LogP contribution in [-0.2, 0) is 0 Å². The van der Waals surface area contributed by atoms with Crippen molar-refractivity contribution in [3.63, 3.8) is 0 Å². The number of rotatable bonds is 1. The number of nitrogens with zero attached hydrogens (tertiary/aromatic N) is 3. The van der Waals surface area contributed by atoms with Gasteiger partial charge in [0, 0.05) is 0 Å². The molecule has 0 aromatic carbocycles. The van der Waals surface area contributed by atoms with E-state index in [1.165, 1.54) is 12.3 Å². The van der Waals surface area contributed by atoms with E-state index in [1.807, 2.05) is 0 Å². The molecule has 0 spiro atoms. The van der Waals surface area contributed by atoms with Gasteiger partial charge in [0.25, 0.3) is 0 Å². The maximum atomic E-state index is 10.1. The Morgan fingerprint density at radius 2 is 2.30 bits per heavy atom. The summed E-state index contributed by atoms with van der Waals surface area (Å²) >= 11 is 0. The quantitative estimate of drug-likeness (QED) is 0.493. The van der Waals surface area contributed by atoms with Crippen LogP contribution in [0.2, 0.25) is 0 Å². The van der Waals surface area contributed by atoms with Gasteiger partial charge in [-0.15, -0.1) is 10.2 Å². The Balaban J connectivity index is 0.000000810. The van der Waals surface area contributed by atoms with Gasteiger partial charge in [-0.1, -0.05) is 0 Å². The summed E-state index contributed by atoms with van der Waals surface area (Å²) < 4.78 is 0. The fourth-order valence-corrected chi connectivity index (χ4v) is 0.355. The van der Waals surface area contributed by atoms with Crippen LogP contribution in [0.4, 0.5) is 0 Å². The zero-order valence-electron chi connectivity index (χ0n) is 4.35. The van der Waals surface area contributed by atoms with Crippen LogP contribution in [-0.4, -0.2) is 45.3 Å². The van der Waals surface area contributed by atoms with Gasteiger partial charge in [-0.05, 0) is 11.3 Å². The van der Waals surface area contributed by atoms with Crippen molar-refractivity contribution in [3.8, 4) is 0 Å². The third-order valence-electron chi connectivity index (χ3n) is 0.722. The first kappa shape index (κ1) is 9.08. The van der Waals surface area contributed by atoms with E-state index in [4.69, 9.17) is 5.11 Å². The van der Waals surface area contributed by atoms with Crippen molar-refractivity contribution in [1.82, 2.24) is 15.4 Å². The molecule has 0 unspecified atom stereocenters. The molecule has 0 aliphatic rings. The van der Waals surface area contributed by atoms with Crippen molar-refractivity contribution in [2.75, 3.05) is 0 Å². The Morgan fingerprint density at radius 1 is 1.60 bits per heavy atom. The van der Waals surface area contributed by atoms with Gasteiger partial charge in [-0.2, -0.15) is 0 Å². The summed E-state index contributed by atoms with van der Waals surface area (Å²) in [5, 5.41) is 17.9. The van der Waals surface area contributed by atoms with Crippen LogP contribution in [0.1, 0.15) is 10.5 Å². The molecular weight excluding hydrogens is 129 g/mol. The van der Waals surface area contributed by atoms with E-state index in [9.17, 15) is 4.79 Å². The van der Waals surface area contributed by atoms with Gasteiger partial charge in [-0.25, -0.2) is 4.79 Å².